The van der Waals surface area contributed by atoms with E-state index in [1.54, 1.807) is 18.9 Å². The lowest BCUT2D eigenvalue weighted by Crippen LogP contribution is -2.62. The maximum Gasteiger partial charge on any atom is 0.246 e. The number of nitrogens with zero attached hydrogens (tertiary/aromatic N) is 1. The molecule has 7 heteroatoms. The summed E-state index contributed by atoms with van der Waals surface area (Å²) in [5.74, 6) is -0.617. The monoisotopic (exact) mass is 518 g/mol. The van der Waals surface area contributed by atoms with Crippen LogP contribution in [0.4, 0.5) is 0 Å². The molecule has 4 rings (SSSR count). The number of carbonyl (C=O) groups excluding carboxylic acids is 3. The van der Waals surface area contributed by atoms with Crippen LogP contribution in [-0.4, -0.2) is 47.8 Å². The zero-order valence-corrected chi connectivity index (χ0v) is 23.6. The van der Waals surface area contributed by atoms with Gasteiger partial charge in [0.2, 0.25) is 17.7 Å². The molecule has 7 nitrogen and oxygen atoms in total. The Bertz CT molecular complexity index is 1200. The smallest absolute Gasteiger partial charge is 0.246 e. The Labute approximate surface area is 226 Å². The third kappa shape index (κ3) is 5.93. The van der Waals surface area contributed by atoms with E-state index in [-0.39, 0.29) is 23.8 Å². The Morgan fingerprint density at radius 3 is 2.47 bits per heavy atom. The van der Waals surface area contributed by atoms with Gasteiger partial charge in [-0.3, -0.25) is 14.4 Å². The Balaban J connectivity index is 1.65. The second kappa shape index (κ2) is 11.3. The number of carbonyl (C=O) groups is 3. The first-order valence-electron chi connectivity index (χ1n) is 13.7. The second-order valence-corrected chi connectivity index (χ2v) is 11.9. The molecule has 0 aromatic heterocycles. The molecule has 1 aliphatic heterocycles. The molecule has 3 N–H and O–H groups in total. The van der Waals surface area contributed by atoms with E-state index in [0.29, 0.717) is 13.0 Å². The quantitative estimate of drug-likeness (QED) is 0.545. The van der Waals surface area contributed by atoms with E-state index in [9.17, 15) is 14.4 Å². The lowest BCUT2D eigenvalue weighted by Gasteiger charge is -2.42. The van der Waals surface area contributed by atoms with Gasteiger partial charge in [0.1, 0.15) is 12.1 Å². The van der Waals surface area contributed by atoms with Crippen molar-refractivity contribution in [2.45, 2.75) is 91.0 Å². The van der Waals surface area contributed by atoms with E-state index in [1.165, 1.54) is 5.56 Å². The molecule has 0 fully saturated rings. The zero-order chi connectivity index (χ0) is 27.6. The zero-order valence-electron chi connectivity index (χ0n) is 23.6. The van der Waals surface area contributed by atoms with Crippen molar-refractivity contribution in [3.63, 3.8) is 0 Å². The van der Waals surface area contributed by atoms with Crippen LogP contribution in [0.5, 0.6) is 0 Å². The van der Waals surface area contributed by atoms with Crippen LogP contribution >= 0.6 is 0 Å². The molecule has 1 aliphatic carbocycles. The van der Waals surface area contributed by atoms with Gasteiger partial charge >= 0.3 is 0 Å². The molecule has 0 saturated carbocycles. The third-order valence-corrected chi connectivity index (χ3v) is 7.99. The van der Waals surface area contributed by atoms with E-state index in [1.807, 2.05) is 39.8 Å². The highest BCUT2D eigenvalue weighted by molar-refractivity contribution is 5.94. The lowest BCUT2D eigenvalue weighted by atomic mass is 9.83. The molecule has 2 aromatic carbocycles. The van der Waals surface area contributed by atoms with Crippen LogP contribution in [0.25, 0.3) is 0 Å². The molecule has 1 heterocycles. The Morgan fingerprint density at radius 2 is 1.76 bits per heavy atom. The minimum atomic E-state index is -0.775. The first-order valence-corrected chi connectivity index (χ1v) is 13.7. The van der Waals surface area contributed by atoms with E-state index in [2.05, 4.69) is 46.3 Å². The van der Waals surface area contributed by atoms with E-state index < -0.39 is 23.5 Å². The van der Waals surface area contributed by atoms with Crippen LogP contribution in [0.2, 0.25) is 0 Å². The number of hydrogen-bond acceptors (Lipinski definition) is 4. The number of nitrogens with one attached hydrogen (secondary N) is 3. The summed E-state index contributed by atoms with van der Waals surface area (Å²) in [7, 11) is 1.71. The molecule has 2 aromatic rings. The van der Waals surface area contributed by atoms with Gasteiger partial charge in [-0.2, -0.15) is 0 Å². The number of benzene rings is 2. The first-order chi connectivity index (χ1) is 18.0. The topological polar surface area (TPSA) is 90.5 Å². The Morgan fingerprint density at radius 1 is 1.03 bits per heavy atom. The summed E-state index contributed by atoms with van der Waals surface area (Å²) < 4.78 is 0. The number of hydrogen-bond donors (Lipinski definition) is 3. The van der Waals surface area contributed by atoms with Crippen LogP contribution in [0.1, 0.15) is 74.4 Å². The SMILES string of the molecule is CN[C@@H](C)C(=O)N[C@H](C(=O)N1Cc2cc(C)ccc2C[C@H]1C(=O)N[C@@H]1CCCc2ccccc21)C(C)(C)C. The fourth-order valence-electron chi connectivity index (χ4n) is 5.56. The van der Waals surface area contributed by atoms with Crippen LogP contribution in [0.3, 0.4) is 0 Å². The fraction of sp³-hybridized carbons (Fsp3) is 0.516. The van der Waals surface area contributed by atoms with Gasteiger partial charge in [-0.25, -0.2) is 0 Å². The van der Waals surface area contributed by atoms with Crippen molar-refractivity contribution < 1.29 is 14.4 Å². The number of fused-ring (bicyclic) bond motifs is 2. The highest BCUT2D eigenvalue weighted by Gasteiger charge is 2.42. The fourth-order valence-corrected chi connectivity index (χ4v) is 5.56. The van der Waals surface area contributed by atoms with Gasteiger partial charge in [0.15, 0.2) is 0 Å². The van der Waals surface area contributed by atoms with Gasteiger partial charge in [-0.1, -0.05) is 68.8 Å². The first kappa shape index (κ1) is 27.8. The van der Waals surface area contributed by atoms with Gasteiger partial charge in [0.05, 0.1) is 12.1 Å². The van der Waals surface area contributed by atoms with Crippen molar-refractivity contribution >= 4 is 17.7 Å². The van der Waals surface area contributed by atoms with Crippen LogP contribution in [0.15, 0.2) is 42.5 Å². The summed E-state index contributed by atoms with van der Waals surface area (Å²) in [6.45, 7) is 9.95. The van der Waals surface area contributed by atoms with E-state index in [4.69, 9.17) is 0 Å². The summed E-state index contributed by atoms with van der Waals surface area (Å²) in [5.41, 5.74) is 5.14. The van der Waals surface area contributed by atoms with Gasteiger partial charge in [-0.05, 0) is 67.8 Å². The van der Waals surface area contributed by atoms with Gasteiger partial charge in [0.25, 0.3) is 0 Å². The lowest BCUT2D eigenvalue weighted by molar-refractivity contribution is -0.147. The minimum Gasteiger partial charge on any atom is -0.347 e. The van der Waals surface area contributed by atoms with Crippen molar-refractivity contribution in [1.29, 1.82) is 0 Å². The van der Waals surface area contributed by atoms with Crippen molar-refractivity contribution in [3.8, 4) is 0 Å². The predicted molar refractivity (Wildman–Crippen MR) is 149 cm³/mol. The number of likely N-dealkylation sites (N-methyl/N-ethyl adjacent to an activating group) is 1. The number of amides is 3. The molecule has 4 atom stereocenters. The molecule has 2 aliphatic rings. The maximum atomic E-state index is 14.2. The predicted octanol–water partition coefficient (Wildman–Crippen LogP) is 3.58. The van der Waals surface area contributed by atoms with Gasteiger partial charge in [-0.15, -0.1) is 0 Å². The molecule has 3 amide bonds. The van der Waals surface area contributed by atoms with Gasteiger partial charge < -0.3 is 20.9 Å². The number of aryl methyl sites for hydroxylation is 2. The summed E-state index contributed by atoms with van der Waals surface area (Å²) in [5, 5.41) is 9.20. The molecule has 0 radical (unpaired) electrons. The van der Waals surface area contributed by atoms with Crippen LogP contribution in [-0.2, 0) is 33.8 Å². The molecule has 38 heavy (non-hydrogen) atoms. The van der Waals surface area contributed by atoms with Crippen LogP contribution in [0, 0.1) is 12.3 Å². The highest BCUT2D eigenvalue weighted by Crippen LogP contribution is 2.32. The summed E-state index contributed by atoms with van der Waals surface area (Å²) in [4.78, 5) is 42.6. The maximum absolute atomic E-state index is 14.2. The minimum absolute atomic E-state index is 0.0709. The largest absolute Gasteiger partial charge is 0.347 e. The number of rotatable bonds is 6. The summed E-state index contributed by atoms with van der Waals surface area (Å²) >= 11 is 0. The highest BCUT2D eigenvalue weighted by atomic mass is 16.2. The average Bonchev–Trinajstić information content (AvgIpc) is 2.89. The Kier molecular flexibility index (Phi) is 8.26. The standard InChI is InChI=1S/C31H42N4O3/c1-19-14-15-22-17-26(29(37)33-25-13-9-11-21-10-7-8-12-24(21)25)35(18-23(22)16-19)30(38)27(31(3,4)5)34-28(36)20(2)32-6/h7-8,10,12,14-16,20,25-27,32H,9,11,13,17-18H2,1-6H3,(H,33,37)(H,34,36)/t20-,25+,26-,27+/m0/s1. The van der Waals surface area contributed by atoms with Gasteiger partial charge in [0, 0.05) is 13.0 Å². The molecule has 0 unspecified atom stereocenters. The normalized spacial score (nSPS) is 20.5. The molecule has 0 saturated heterocycles. The summed E-state index contributed by atoms with van der Waals surface area (Å²) in [6.07, 6.45) is 3.35. The van der Waals surface area contributed by atoms with Crippen molar-refractivity contribution in [2.75, 3.05) is 7.05 Å². The third-order valence-electron chi connectivity index (χ3n) is 7.99. The molecular weight excluding hydrogens is 476 g/mol. The van der Waals surface area contributed by atoms with E-state index in [0.717, 1.165) is 41.5 Å². The van der Waals surface area contributed by atoms with Crippen molar-refractivity contribution in [1.82, 2.24) is 20.9 Å². The second-order valence-electron chi connectivity index (χ2n) is 11.9. The van der Waals surface area contributed by atoms with Crippen molar-refractivity contribution in [2.24, 2.45) is 5.41 Å². The van der Waals surface area contributed by atoms with Crippen molar-refractivity contribution in [3.05, 3.63) is 70.3 Å². The molecular formula is C31H42N4O3. The molecule has 0 spiro atoms. The Hall–Kier alpha value is -3.19. The average molecular weight is 519 g/mol. The van der Waals surface area contributed by atoms with Crippen LogP contribution < -0.4 is 16.0 Å². The summed E-state index contributed by atoms with van der Waals surface area (Å²) in [6, 6.07) is 12.6. The molecule has 0 bridgehead atoms. The van der Waals surface area contributed by atoms with E-state index >= 15 is 0 Å². The molecule has 204 valence electrons.